The van der Waals surface area contributed by atoms with E-state index in [0.717, 1.165) is 18.3 Å². The van der Waals surface area contributed by atoms with Crippen molar-refractivity contribution in [3.63, 3.8) is 0 Å². The summed E-state index contributed by atoms with van der Waals surface area (Å²) in [6, 6.07) is 9.04. The summed E-state index contributed by atoms with van der Waals surface area (Å²) in [6.45, 7) is 0.364. The molecule has 3 rings (SSSR count). The molecule has 1 N–H and O–H groups in total. The van der Waals surface area contributed by atoms with Gasteiger partial charge in [-0.25, -0.2) is 0 Å². The quantitative estimate of drug-likeness (QED) is 0.354. The van der Waals surface area contributed by atoms with Crippen molar-refractivity contribution < 1.29 is 26.3 Å². The number of nitrogens with zero attached hydrogens (tertiary/aromatic N) is 2. The SMILES string of the molecule is FC(F)(F)c1ccc(-c2cnc(CCNCc3ccccc3C(F)(F)F)c(Cl)c2)cn1. The molecule has 0 bridgehead atoms. The van der Waals surface area contributed by atoms with Gasteiger partial charge in [0.25, 0.3) is 0 Å². The number of hydrogen-bond acceptors (Lipinski definition) is 3. The van der Waals surface area contributed by atoms with Crippen LogP contribution in [0, 0.1) is 0 Å². The summed E-state index contributed by atoms with van der Waals surface area (Å²) in [5.41, 5.74) is -0.0998. The van der Waals surface area contributed by atoms with Crippen molar-refractivity contribution in [1.82, 2.24) is 15.3 Å². The fourth-order valence-electron chi connectivity index (χ4n) is 2.92. The maximum atomic E-state index is 13.0. The molecule has 3 aromatic rings. The lowest BCUT2D eigenvalue weighted by Gasteiger charge is -2.13. The third kappa shape index (κ3) is 5.95. The summed E-state index contributed by atoms with van der Waals surface area (Å²) >= 11 is 6.22. The van der Waals surface area contributed by atoms with Crippen molar-refractivity contribution in [1.29, 1.82) is 0 Å². The lowest BCUT2D eigenvalue weighted by atomic mass is 10.1. The molecule has 10 heteroatoms. The molecule has 1 aromatic carbocycles. The minimum Gasteiger partial charge on any atom is -0.312 e. The first-order valence-electron chi connectivity index (χ1n) is 9.09. The van der Waals surface area contributed by atoms with Crippen LogP contribution >= 0.6 is 11.6 Å². The lowest BCUT2D eigenvalue weighted by molar-refractivity contribution is -0.141. The van der Waals surface area contributed by atoms with Gasteiger partial charge in [0.05, 0.1) is 16.3 Å². The number of rotatable bonds is 6. The second-order valence-corrected chi connectivity index (χ2v) is 7.07. The predicted octanol–water partition coefficient (Wildman–Crippen LogP) is 6.17. The molecule has 0 saturated carbocycles. The van der Waals surface area contributed by atoms with Crippen LogP contribution in [-0.4, -0.2) is 16.5 Å². The smallest absolute Gasteiger partial charge is 0.312 e. The summed E-state index contributed by atoms with van der Waals surface area (Å²) in [5.74, 6) is 0. The highest BCUT2D eigenvalue weighted by Crippen LogP contribution is 2.32. The Balaban J connectivity index is 1.61. The minimum atomic E-state index is -4.52. The minimum absolute atomic E-state index is 0.0304. The van der Waals surface area contributed by atoms with Crippen LogP contribution in [0.3, 0.4) is 0 Å². The van der Waals surface area contributed by atoms with E-state index in [1.165, 1.54) is 24.4 Å². The number of pyridine rings is 2. The first-order chi connectivity index (χ1) is 14.6. The lowest BCUT2D eigenvalue weighted by Crippen LogP contribution is -2.20. The van der Waals surface area contributed by atoms with Crippen LogP contribution in [0.2, 0.25) is 5.02 Å². The fourth-order valence-corrected chi connectivity index (χ4v) is 3.18. The van der Waals surface area contributed by atoms with Crippen LogP contribution < -0.4 is 5.32 Å². The Labute approximate surface area is 179 Å². The molecule has 2 heterocycles. The van der Waals surface area contributed by atoms with Gasteiger partial charge in [-0.05, 0) is 23.8 Å². The van der Waals surface area contributed by atoms with Crippen LogP contribution in [0.15, 0.2) is 54.9 Å². The van der Waals surface area contributed by atoms with E-state index in [2.05, 4.69) is 15.3 Å². The summed E-state index contributed by atoms with van der Waals surface area (Å²) in [7, 11) is 0. The Bertz CT molecular complexity index is 1030. The molecule has 2 aromatic heterocycles. The topological polar surface area (TPSA) is 37.8 Å². The monoisotopic (exact) mass is 459 g/mol. The maximum Gasteiger partial charge on any atom is 0.433 e. The summed E-state index contributed by atoms with van der Waals surface area (Å²) in [6.07, 6.45) is -6.03. The molecule has 0 fully saturated rings. The standard InChI is InChI=1S/C21H16ClF6N3/c22-17-9-15(13-5-6-19(31-11-13)21(26,27)28)12-30-18(17)7-8-29-10-14-3-1-2-4-16(14)20(23,24)25/h1-6,9,11-12,29H,7-8,10H2. The van der Waals surface area contributed by atoms with E-state index in [0.29, 0.717) is 34.8 Å². The Morgan fingerprint density at radius 3 is 2.16 bits per heavy atom. The molecule has 0 unspecified atom stereocenters. The van der Waals surface area contributed by atoms with Crippen molar-refractivity contribution in [2.24, 2.45) is 0 Å². The van der Waals surface area contributed by atoms with E-state index < -0.39 is 23.6 Å². The average molecular weight is 460 g/mol. The fraction of sp³-hybridized carbons (Fsp3) is 0.238. The molecule has 0 spiro atoms. The largest absolute Gasteiger partial charge is 0.433 e. The maximum absolute atomic E-state index is 13.0. The van der Waals surface area contributed by atoms with Gasteiger partial charge in [0.1, 0.15) is 5.69 Å². The van der Waals surface area contributed by atoms with Crippen molar-refractivity contribution in [3.05, 3.63) is 82.4 Å². The van der Waals surface area contributed by atoms with Crippen molar-refractivity contribution in [2.75, 3.05) is 6.54 Å². The molecule has 3 nitrogen and oxygen atoms in total. The Morgan fingerprint density at radius 2 is 1.55 bits per heavy atom. The van der Waals surface area contributed by atoms with Crippen LogP contribution in [0.4, 0.5) is 26.3 Å². The van der Waals surface area contributed by atoms with Crippen LogP contribution in [-0.2, 0) is 25.3 Å². The molecule has 0 aliphatic heterocycles. The van der Waals surface area contributed by atoms with E-state index in [9.17, 15) is 26.3 Å². The molecule has 0 radical (unpaired) electrons. The van der Waals surface area contributed by atoms with E-state index in [1.54, 1.807) is 12.1 Å². The first-order valence-corrected chi connectivity index (χ1v) is 9.47. The number of alkyl halides is 6. The first kappa shape index (κ1) is 23.0. The molecule has 0 atom stereocenters. The summed E-state index contributed by atoms with van der Waals surface area (Å²) in [5, 5.41) is 3.24. The number of halogens is 7. The van der Waals surface area contributed by atoms with E-state index in [-0.39, 0.29) is 12.1 Å². The molecular weight excluding hydrogens is 444 g/mol. The van der Waals surface area contributed by atoms with Gasteiger partial charge < -0.3 is 5.32 Å². The number of hydrogen-bond donors (Lipinski definition) is 1. The van der Waals surface area contributed by atoms with Gasteiger partial charge >= 0.3 is 12.4 Å². The van der Waals surface area contributed by atoms with Gasteiger partial charge in [-0.15, -0.1) is 0 Å². The number of nitrogens with one attached hydrogen (secondary N) is 1. The zero-order chi connectivity index (χ0) is 22.6. The van der Waals surface area contributed by atoms with Gasteiger partial charge in [0, 0.05) is 43.0 Å². The second-order valence-electron chi connectivity index (χ2n) is 6.66. The highest BCUT2D eigenvalue weighted by molar-refractivity contribution is 6.31. The molecule has 0 amide bonds. The molecule has 164 valence electrons. The van der Waals surface area contributed by atoms with Crippen molar-refractivity contribution in [2.45, 2.75) is 25.3 Å². The highest BCUT2D eigenvalue weighted by atomic mass is 35.5. The van der Waals surface area contributed by atoms with Crippen LogP contribution in [0.1, 0.15) is 22.5 Å². The zero-order valence-corrected chi connectivity index (χ0v) is 16.6. The molecule has 0 saturated heterocycles. The van der Waals surface area contributed by atoms with Gasteiger partial charge in [0.15, 0.2) is 0 Å². The third-order valence-corrected chi connectivity index (χ3v) is 4.81. The van der Waals surface area contributed by atoms with E-state index in [4.69, 9.17) is 11.6 Å². The Kier molecular flexibility index (Phi) is 6.86. The molecular formula is C21H16ClF6N3. The Morgan fingerprint density at radius 1 is 0.839 bits per heavy atom. The van der Waals surface area contributed by atoms with Gasteiger partial charge in [-0.2, -0.15) is 26.3 Å². The summed E-state index contributed by atoms with van der Waals surface area (Å²) in [4.78, 5) is 7.63. The van der Waals surface area contributed by atoms with Crippen LogP contribution in [0.5, 0.6) is 0 Å². The van der Waals surface area contributed by atoms with Gasteiger partial charge in [-0.1, -0.05) is 35.9 Å². The number of benzene rings is 1. The van der Waals surface area contributed by atoms with E-state index in [1.807, 2.05) is 0 Å². The average Bonchev–Trinajstić information content (AvgIpc) is 2.71. The third-order valence-electron chi connectivity index (χ3n) is 4.48. The zero-order valence-electron chi connectivity index (χ0n) is 15.9. The predicted molar refractivity (Wildman–Crippen MR) is 104 cm³/mol. The molecule has 0 aliphatic carbocycles. The Hall–Kier alpha value is -2.65. The van der Waals surface area contributed by atoms with Gasteiger partial charge in [-0.3, -0.25) is 9.97 Å². The van der Waals surface area contributed by atoms with Gasteiger partial charge in [0.2, 0.25) is 0 Å². The normalized spacial score (nSPS) is 12.2. The van der Waals surface area contributed by atoms with Crippen LogP contribution in [0.25, 0.3) is 11.1 Å². The van der Waals surface area contributed by atoms with E-state index >= 15 is 0 Å². The second kappa shape index (κ2) is 9.23. The number of aromatic nitrogens is 2. The van der Waals surface area contributed by atoms with Crippen molar-refractivity contribution in [3.8, 4) is 11.1 Å². The molecule has 0 aliphatic rings. The highest BCUT2D eigenvalue weighted by Gasteiger charge is 2.33. The molecule has 31 heavy (non-hydrogen) atoms. The summed E-state index contributed by atoms with van der Waals surface area (Å²) < 4.78 is 76.9. The van der Waals surface area contributed by atoms with Crippen molar-refractivity contribution >= 4 is 11.6 Å².